The summed E-state index contributed by atoms with van der Waals surface area (Å²) in [7, 11) is 0. The van der Waals surface area contributed by atoms with E-state index < -0.39 is 18.9 Å². The Hall–Kier alpha value is -2.84. The number of rotatable bonds is 7. The number of carboxylic acid groups (broad SMARTS) is 1. The molecular weight excluding hydrogens is 445 g/mol. The number of H-pyrrole nitrogens is 1. The summed E-state index contributed by atoms with van der Waals surface area (Å²) in [5.74, 6) is -0.644. The van der Waals surface area contributed by atoms with Gasteiger partial charge in [-0.3, -0.25) is 4.74 Å². The number of hydrogen-bond donors (Lipinski definition) is 2. The van der Waals surface area contributed by atoms with E-state index in [9.17, 15) is 23.1 Å². The molecule has 0 radical (unpaired) electrons. The van der Waals surface area contributed by atoms with Crippen LogP contribution >= 0.6 is 0 Å². The van der Waals surface area contributed by atoms with Crippen LogP contribution in [-0.4, -0.2) is 53.6 Å². The van der Waals surface area contributed by atoms with E-state index in [-0.39, 0.29) is 23.9 Å². The number of aromatic nitrogens is 1. The summed E-state index contributed by atoms with van der Waals surface area (Å²) >= 11 is 0. The van der Waals surface area contributed by atoms with E-state index in [1.165, 1.54) is 22.1 Å². The Bertz CT molecular complexity index is 1150. The van der Waals surface area contributed by atoms with Gasteiger partial charge in [0.15, 0.2) is 0 Å². The molecule has 2 atom stereocenters. The van der Waals surface area contributed by atoms with E-state index in [0.717, 1.165) is 23.9 Å². The number of benzene rings is 2. The van der Waals surface area contributed by atoms with E-state index in [1.54, 1.807) is 12.1 Å². The molecule has 0 saturated carbocycles. The first-order valence-electron chi connectivity index (χ1n) is 11.4. The molecule has 34 heavy (non-hydrogen) atoms. The zero-order valence-corrected chi connectivity index (χ0v) is 19.3. The first-order valence-corrected chi connectivity index (χ1v) is 11.4. The van der Waals surface area contributed by atoms with Crippen molar-refractivity contribution in [1.82, 2.24) is 9.88 Å². The van der Waals surface area contributed by atoms with Gasteiger partial charge in [-0.05, 0) is 85.5 Å². The second-order valence-corrected chi connectivity index (χ2v) is 9.14. The number of aromatic carboxylic acids is 1. The molecule has 1 aliphatic heterocycles. The Morgan fingerprint density at radius 2 is 1.91 bits per heavy atom. The van der Waals surface area contributed by atoms with Crippen LogP contribution < -0.4 is 0 Å². The molecule has 2 aromatic carbocycles. The Kier molecular flexibility index (Phi) is 7.00. The summed E-state index contributed by atoms with van der Waals surface area (Å²) in [5.41, 5.74) is 6.06. The number of aromatic amines is 1. The van der Waals surface area contributed by atoms with E-state index in [4.69, 9.17) is 0 Å². The van der Waals surface area contributed by atoms with Gasteiger partial charge in [-0.2, -0.15) is 0 Å². The molecule has 2 heterocycles. The predicted octanol–water partition coefficient (Wildman–Crippen LogP) is 5.67. The highest BCUT2D eigenvalue weighted by atomic mass is 19.4. The molecule has 1 fully saturated rings. The summed E-state index contributed by atoms with van der Waals surface area (Å²) in [6.07, 6.45) is -1.00. The van der Waals surface area contributed by atoms with Gasteiger partial charge in [-0.15, -0.1) is 13.2 Å². The van der Waals surface area contributed by atoms with Gasteiger partial charge in [0, 0.05) is 30.2 Å². The topological polar surface area (TPSA) is 65.6 Å². The monoisotopic (exact) mass is 474 g/mol. The SMILES string of the molecule is Cc1cc(C)c2[nH]ccc2c1C[C@@H]1CCN(CCOC(F)(F)F)C[C@H]1c1ccc(C(=O)O)cc1. The second-order valence-electron chi connectivity index (χ2n) is 9.14. The summed E-state index contributed by atoms with van der Waals surface area (Å²) in [4.78, 5) is 16.6. The molecule has 4 rings (SSSR count). The molecule has 0 amide bonds. The normalized spacial score (nSPS) is 19.6. The van der Waals surface area contributed by atoms with E-state index in [2.05, 4.69) is 35.7 Å². The van der Waals surface area contributed by atoms with Gasteiger partial charge >= 0.3 is 12.3 Å². The minimum absolute atomic E-state index is 0.0668. The number of hydrogen-bond acceptors (Lipinski definition) is 3. The van der Waals surface area contributed by atoms with Crippen molar-refractivity contribution in [3.05, 3.63) is 70.4 Å². The fourth-order valence-corrected chi connectivity index (χ4v) is 5.23. The largest absolute Gasteiger partial charge is 0.522 e. The molecule has 0 bridgehead atoms. The Balaban J connectivity index is 1.59. The smallest absolute Gasteiger partial charge is 0.478 e. The van der Waals surface area contributed by atoms with Crippen molar-refractivity contribution in [2.24, 2.45) is 5.92 Å². The molecule has 8 heteroatoms. The number of nitrogens with one attached hydrogen (secondary N) is 1. The number of aryl methyl sites for hydroxylation is 2. The maximum atomic E-state index is 12.4. The molecule has 0 aliphatic carbocycles. The summed E-state index contributed by atoms with van der Waals surface area (Å²) in [6, 6.07) is 11.2. The van der Waals surface area contributed by atoms with Crippen molar-refractivity contribution in [1.29, 1.82) is 0 Å². The lowest BCUT2D eigenvalue weighted by atomic mass is 9.76. The van der Waals surface area contributed by atoms with Crippen LogP contribution in [0, 0.1) is 19.8 Å². The molecule has 1 aliphatic rings. The van der Waals surface area contributed by atoms with Crippen molar-refractivity contribution < 1.29 is 27.8 Å². The maximum absolute atomic E-state index is 12.4. The third-order valence-corrected chi connectivity index (χ3v) is 6.94. The van der Waals surface area contributed by atoms with Gasteiger partial charge in [-0.1, -0.05) is 18.2 Å². The number of piperidine rings is 1. The molecule has 3 aromatic rings. The third kappa shape index (κ3) is 5.45. The van der Waals surface area contributed by atoms with Crippen LogP contribution in [0.25, 0.3) is 10.9 Å². The van der Waals surface area contributed by atoms with Gasteiger partial charge in [-0.25, -0.2) is 4.79 Å². The number of fused-ring (bicyclic) bond motifs is 1. The first kappa shape index (κ1) is 24.3. The number of carboxylic acids is 1. The van der Waals surface area contributed by atoms with Crippen molar-refractivity contribution in [2.45, 2.75) is 39.0 Å². The van der Waals surface area contributed by atoms with Gasteiger partial charge in [0.2, 0.25) is 0 Å². The molecule has 2 N–H and O–H groups in total. The van der Waals surface area contributed by atoms with Gasteiger partial charge < -0.3 is 15.0 Å². The zero-order chi connectivity index (χ0) is 24.5. The number of alkyl halides is 3. The Morgan fingerprint density at radius 1 is 1.18 bits per heavy atom. The lowest BCUT2D eigenvalue weighted by molar-refractivity contribution is -0.325. The molecule has 0 spiro atoms. The number of carbonyl (C=O) groups is 1. The van der Waals surface area contributed by atoms with Crippen LogP contribution in [0.2, 0.25) is 0 Å². The van der Waals surface area contributed by atoms with Crippen LogP contribution in [0.3, 0.4) is 0 Å². The second kappa shape index (κ2) is 9.80. The minimum Gasteiger partial charge on any atom is -0.478 e. The quantitative estimate of drug-likeness (QED) is 0.463. The summed E-state index contributed by atoms with van der Waals surface area (Å²) < 4.78 is 41.3. The average molecular weight is 475 g/mol. The van der Waals surface area contributed by atoms with Crippen LogP contribution in [-0.2, 0) is 11.2 Å². The zero-order valence-electron chi connectivity index (χ0n) is 19.3. The molecule has 0 unspecified atom stereocenters. The standard InChI is InChI=1S/C26H29F3N2O3/c1-16-13-17(2)24-21(7-9-30-24)22(16)14-20-8-10-31(11-12-34-26(27,28)29)15-23(20)18-3-5-19(6-4-18)25(32)33/h3-7,9,13,20,23,30H,8,10-12,14-15H2,1-2H3,(H,32,33)/t20-,23-/m0/s1. The lowest BCUT2D eigenvalue weighted by Crippen LogP contribution is -2.42. The van der Waals surface area contributed by atoms with Crippen LogP contribution in [0.4, 0.5) is 13.2 Å². The van der Waals surface area contributed by atoms with Crippen LogP contribution in [0.15, 0.2) is 42.6 Å². The van der Waals surface area contributed by atoms with E-state index in [1.807, 2.05) is 23.2 Å². The Morgan fingerprint density at radius 3 is 2.59 bits per heavy atom. The van der Waals surface area contributed by atoms with Crippen molar-refractivity contribution in [2.75, 3.05) is 26.2 Å². The maximum Gasteiger partial charge on any atom is 0.522 e. The lowest BCUT2D eigenvalue weighted by Gasteiger charge is -2.39. The summed E-state index contributed by atoms with van der Waals surface area (Å²) in [6.45, 7) is 5.29. The van der Waals surface area contributed by atoms with Gasteiger partial charge in [0.1, 0.15) is 0 Å². The van der Waals surface area contributed by atoms with Crippen LogP contribution in [0.5, 0.6) is 0 Å². The number of nitrogens with zero attached hydrogens (tertiary/aromatic N) is 1. The van der Waals surface area contributed by atoms with Crippen molar-refractivity contribution >= 4 is 16.9 Å². The molecule has 5 nitrogen and oxygen atoms in total. The number of likely N-dealkylation sites (tertiary alicyclic amines) is 1. The highest BCUT2D eigenvalue weighted by Crippen LogP contribution is 2.37. The third-order valence-electron chi connectivity index (χ3n) is 6.94. The van der Waals surface area contributed by atoms with E-state index >= 15 is 0 Å². The highest BCUT2D eigenvalue weighted by Gasteiger charge is 2.33. The highest BCUT2D eigenvalue weighted by molar-refractivity contribution is 5.88. The Labute approximate surface area is 196 Å². The molecular formula is C26H29F3N2O3. The average Bonchev–Trinajstić information content (AvgIpc) is 3.27. The van der Waals surface area contributed by atoms with Crippen molar-refractivity contribution in [3.63, 3.8) is 0 Å². The minimum atomic E-state index is -4.63. The van der Waals surface area contributed by atoms with Gasteiger partial charge in [0.05, 0.1) is 12.2 Å². The predicted molar refractivity (Wildman–Crippen MR) is 124 cm³/mol. The fourth-order valence-electron chi connectivity index (χ4n) is 5.23. The van der Waals surface area contributed by atoms with E-state index in [0.29, 0.717) is 13.1 Å². The van der Waals surface area contributed by atoms with Gasteiger partial charge in [0.25, 0.3) is 0 Å². The molecule has 182 valence electrons. The van der Waals surface area contributed by atoms with Crippen molar-refractivity contribution in [3.8, 4) is 0 Å². The summed E-state index contributed by atoms with van der Waals surface area (Å²) in [5, 5.41) is 10.5. The van der Waals surface area contributed by atoms with Crippen LogP contribution in [0.1, 0.15) is 45.0 Å². The molecule has 1 aromatic heterocycles. The number of halogens is 3. The molecule has 1 saturated heterocycles. The number of ether oxygens (including phenoxy) is 1. The first-order chi connectivity index (χ1) is 16.1. The fraction of sp³-hybridized carbons (Fsp3) is 0.423.